The van der Waals surface area contributed by atoms with Crippen LogP contribution in [0, 0.1) is 0 Å². The second-order valence-corrected chi connectivity index (χ2v) is 4.40. The summed E-state index contributed by atoms with van der Waals surface area (Å²) in [4.78, 5) is 4.61. The number of nitrogens with two attached hydrogens (primary N) is 1. The molecule has 15 heavy (non-hydrogen) atoms. The molecule has 3 N–H and O–H groups in total. The summed E-state index contributed by atoms with van der Waals surface area (Å²) < 4.78 is 0. The molecule has 1 aliphatic heterocycles. The van der Waals surface area contributed by atoms with Gasteiger partial charge in [0.1, 0.15) is 0 Å². The molecule has 1 rings (SSSR count). The van der Waals surface area contributed by atoms with Crippen molar-refractivity contribution in [2.24, 2.45) is 10.9 Å². The molecule has 0 amide bonds. The Morgan fingerprint density at radius 2 is 2.20 bits per heavy atom. The van der Waals surface area contributed by atoms with E-state index in [1.54, 1.807) is 0 Å². The largest absolute Gasteiger partial charge is 0.409 e. The van der Waals surface area contributed by atoms with Crippen molar-refractivity contribution in [3.63, 3.8) is 0 Å². The average molecular weight is 214 g/mol. The van der Waals surface area contributed by atoms with E-state index in [-0.39, 0.29) is 6.04 Å². The first-order valence-corrected chi connectivity index (χ1v) is 5.48. The maximum atomic E-state index is 8.67. The molecule has 2 unspecified atom stereocenters. The number of hydrogen-bond donors (Lipinski definition) is 2. The molecule has 0 saturated carbocycles. The van der Waals surface area contributed by atoms with Crippen LogP contribution in [-0.4, -0.2) is 59.6 Å². The molecule has 0 bridgehead atoms. The van der Waals surface area contributed by atoms with Crippen LogP contribution in [0.1, 0.15) is 20.3 Å². The molecule has 1 fully saturated rings. The van der Waals surface area contributed by atoms with E-state index in [1.165, 1.54) is 0 Å². The maximum absolute atomic E-state index is 8.67. The Hall–Kier alpha value is -0.810. The Morgan fingerprint density at radius 1 is 1.53 bits per heavy atom. The van der Waals surface area contributed by atoms with E-state index in [9.17, 15) is 0 Å². The molecule has 1 saturated heterocycles. The van der Waals surface area contributed by atoms with Gasteiger partial charge < -0.3 is 15.8 Å². The third-order valence-electron chi connectivity index (χ3n) is 3.14. The van der Waals surface area contributed by atoms with Crippen molar-refractivity contribution < 1.29 is 5.21 Å². The van der Waals surface area contributed by atoms with Gasteiger partial charge in [0.2, 0.25) is 0 Å². The molecule has 0 aromatic rings. The normalized spacial score (nSPS) is 28.7. The quantitative estimate of drug-likeness (QED) is 0.297. The highest BCUT2D eigenvalue weighted by Crippen LogP contribution is 2.12. The summed E-state index contributed by atoms with van der Waals surface area (Å²) in [7, 11) is 2.13. The summed E-state index contributed by atoms with van der Waals surface area (Å²) in [6.45, 7) is 7.32. The number of oxime groups is 1. The van der Waals surface area contributed by atoms with Crippen LogP contribution in [0.4, 0.5) is 0 Å². The van der Waals surface area contributed by atoms with E-state index < -0.39 is 0 Å². The summed E-state index contributed by atoms with van der Waals surface area (Å²) in [6.07, 6.45) is 1.13. The topological polar surface area (TPSA) is 65.1 Å². The molecule has 5 heteroatoms. The molecule has 0 aromatic heterocycles. The van der Waals surface area contributed by atoms with E-state index in [1.807, 2.05) is 6.92 Å². The van der Waals surface area contributed by atoms with Crippen LogP contribution in [0.2, 0.25) is 0 Å². The van der Waals surface area contributed by atoms with Gasteiger partial charge in [0.15, 0.2) is 5.84 Å². The van der Waals surface area contributed by atoms with Crippen molar-refractivity contribution in [2.75, 3.05) is 26.7 Å². The molecule has 0 spiro atoms. The maximum Gasteiger partial charge on any atom is 0.156 e. The highest BCUT2D eigenvalue weighted by Gasteiger charge is 2.25. The van der Waals surface area contributed by atoms with Crippen molar-refractivity contribution >= 4 is 5.84 Å². The predicted octanol–water partition coefficient (Wildman–Crippen LogP) is 0.147. The van der Waals surface area contributed by atoms with E-state index >= 15 is 0 Å². The van der Waals surface area contributed by atoms with Crippen LogP contribution in [0.5, 0.6) is 0 Å². The summed E-state index contributed by atoms with van der Waals surface area (Å²) in [6, 6.07) is 0.448. The Kier molecular flexibility index (Phi) is 4.35. The van der Waals surface area contributed by atoms with E-state index in [2.05, 4.69) is 28.9 Å². The van der Waals surface area contributed by atoms with Crippen LogP contribution < -0.4 is 5.73 Å². The fraction of sp³-hybridized carbons (Fsp3) is 0.900. The van der Waals surface area contributed by atoms with Crippen LogP contribution >= 0.6 is 0 Å². The molecule has 0 radical (unpaired) electrons. The van der Waals surface area contributed by atoms with Crippen LogP contribution in [0.3, 0.4) is 0 Å². The molecule has 88 valence electrons. The summed E-state index contributed by atoms with van der Waals surface area (Å²) in [5, 5.41) is 11.8. The molecule has 0 aromatic carbocycles. The lowest BCUT2D eigenvalue weighted by Gasteiger charge is -2.32. The fourth-order valence-corrected chi connectivity index (χ4v) is 2.22. The minimum atomic E-state index is 0.0106. The van der Waals surface area contributed by atoms with Crippen molar-refractivity contribution in [3.05, 3.63) is 0 Å². The van der Waals surface area contributed by atoms with Gasteiger partial charge in [-0.2, -0.15) is 0 Å². The van der Waals surface area contributed by atoms with E-state index in [4.69, 9.17) is 10.9 Å². The summed E-state index contributed by atoms with van der Waals surface area (Å²) >= 11 is 0. The first-order chi connectivity index (χ1) is 7.06. The number of likely N-dealkylation sites (N-methyl/N-ethyl adjacent to an activating group) is 1. The number of amidine groups is 1. The van der Waals surface area contributed by atoms with Crippen molar-refractivity contribution in [1.29, 1.82) is 0 Å². The number of rotatable bonds is 2. The molecular weight excluding hydrogens is 192 g/mol. The zero-order chi connectivity index (χ0) is 11.4. The molecular formula is C10H22N4O. The molecule has 0 aliphatic carbocycles. The molecule has 2 atom stereocenters. The number of nitrogens with zero attached hydrogens (tertiary/aromatic N) is 3. The lowest BCUT2D eigenvalue weighted by Crippen LogP contribution is -2.49. The van der Waals surface area contributed by atoms with Crippen LogP contribution in [-0.2, 0) is 0 Å². The Morgan fingerprint density at radius 3 is 2.80 bits per heavy atom. The monoisotopic (exact) mass is 214 g/mol. The smallest absolute Gasteiger partial charge is 0.156 e. The zero-order valence-corrected chi connectivity index (χ0v) is 9.85. The Bertz CT molecular complexity index is 231. The lowest BCUT2D eigenvalue weighted by molar-refractivity contribution is 0.182. The van der Waals surface area contributed by atoms with Crippen molar-refractivity contribution in [3.8, 4) is 0 Å². The standard InChI is InChI=1S/C10H22N4O/c1-8-7-13(3)5-4-6-14(8)9(2)10(11)12-15/h8-9,15H,4-7H2,1-3H3,(H2,11,12). The van der Waals surface area contributed by atoms with Gasteiger partial charge >= 0.3 is 0 Å². The minimum absolute atomic E-state index is 0.0106. The predicted molar refractivity (Wildman–Crippen MR) is 61.2 cm³/mol. The summed E-state index contributed by atoms with van der Waals surface area (Å²) in [5.41, 5.74) is 5.64. The third-order valence-corrected chi connectivity index (χ3v) is 3.14. The fourth-order valence-electron chi connectivity index (χ4n) is 2.22. The molecule has 1 heterocycles. The summed E-state index contributed by atoms with van der Waals surface area (Å²) in [5.74, 6) is 0.298. The van der Waals surface area contributed by atoms with Gasteiger partial charge in [0.05, 0.1) is 6.04 Å². The average Bonchev–Trinajstić information content (AvgIpc) is 2.37. The Labute approximate surface area is 91.5 Å². The highest BCUT2D eigenvalue weighted by molar-refractivity contribution is 5.84. The van der Waals surface area contributed by atoms with Gasteiger partial charge in [-0.1, -0.05) is 5.16 Å². The lowest BCUT2D eigenvalue weighted by atomic mass is 10.2. The third kappa shape index (κ3) is 3.07. The minimum Gasteiger partial charge on any atom is -0.409 e. The van der Waals surface area contributed by atoms with Gasteiger partial charge in [-0.05, 0) is 33.9 Å². The first kappa shape index (κ1) is 12.3. The van der Waals surface area contributed by atoms with Gasteiger partial charge in [0, 0.05) is 19.1 Å². The van der Waals surface area contributed by atoms with Gasteiger partial charge in [0.25, 0.3) is 0 Å². The van der Waals surface area contributed by atoms with Crippen molar-refractivity contribution in [2.45, 2.75) is 32.4 Å². The van der Waals surface area contributed by atoms with Gasteiger partial charge in [-0.15, -0.1) is 0 Å². The van der Waals surface area contributed by atoms with E-state index in [0.29, 0.717) is 11.9 Å². The zero-order valence-electron chi connectivity index (χ0n) is 9.85. The number of hydrogen-bond acceptors (Lipinski definition) is 4. The molecule has 1 aliphatic rings. The highest BCUT2D eigenvalue weighted by atomic mass is 16.4. The van der Waals surface area contributed by atoms with E-state index in [0.717, 1.165) is 26.1 Å². The van der Waals surface area contributed by atoms with Gasteiger partial charge in [-0.25, -0.2) is 0 Å². The van der Waals surface area contributed by atoms with Crippen molar-refractivity contribution in [1.82, 2.24) is 9.80 Å². The van der Waals surface area contributed by atoms with Crippen LogP contribution in [0.25, 0.3) is 0 Å². The van der Waals surface area contributed by atoms with Gasteiger partial charge in [-0.3, -0.25) is 4.90 Å². The second-order valence-electron chi connectivity index (χ2n) is 4.40. The SMILES string of the molecule is CC1CN(C)CCCN1C(C)C(N)=NO. The molecule has 5 nitrogen and oxygen atoms in total. The second kappa shape index (κ2) is 5.32. The van der Waals surface area contributed by atoms with Crippen LogP contribution in [0.15, 0.2) is 5.16 Å². The first-order valence-electron chi connectivity index (χ1n) is 5.48. The Balaban J connectivity index is 2.67.